The predicted molar refractivity (Wildman–Crippen MR) is 128 cm³/mol. The van der Waals surface area contributed by atoms with E-state index in [4.69, 9.17) is 9.47 Å². The van der Waals surface area contributed by atoms with Gasteiger partial charge in [0.2, 0.25) is 5.78 Å². The summed E-state index contributed by atoms with van der Waals surface area (Å²) in [5, 5.41) is 13.5. The summed E-state index contributed by atoms with van der Waals surface area (Å²) in [7, 11) is 3.96. The minimum atomic E-state index is -0.738. The van der Waals surface area contributed by atoms with E-state index >= 15 is 0 Å². The van der Waals surface area contributed by atoms with Gasteiger partial charge >= 0.3 is 0 Å². The van der Waals surface area contributed by atoms with Crippen LogP contribution in [-0.4, -0.2) is 57.0 Å². The topological polar surface area (TPSA) is 83.3 Å². The summed E-state index contributed by atoms with van der Waals surface area (Å²) in [6, 6.07) is 13.2. The number of nitrogens with zero attached hydrogens (tertiary/aromatic N) is 1. The molecular weight excluding hydrogens is 432 g/mol. The van der Waals surface area contributed by atoms with Gasteiger partial charge in [-0.25, -0.2) is 0 Å². The molecule has 34 heavy (non-hydrogen) atoms. The molecule has 182 valence electrons. The first kappa shape index (κ1) is 25.3. The minimum Gasteiger partial charge on any atom is -0.872 e. The molecule has 0 bridgehead atoms. The maximum absolute atomic E-state index is 13.5. The molecule has 1 saturated heterocycles. The predicted octanol–water partition coefficient (Wildman–Crippen LogP) is 1.49. The molecule has 0 spiro atoms. The molecule has 1 aliphatic rings. The van der Waals surface area contributed by atoms with E-state index in [1.165, 1.54) is 4.90 Å². The molecule has 2 aromatic carbocycles. The third-order valence-electron chi connectivity index (χ3n) is 5.59. The van der Waals surface area contributed by atoms with Crippen molar-refractivity contribution in [2.45, 2.75) is 26.8 Å². The van der Waals surface area contributed by atoms with Crippen molar-refractivity contribution in [3.05, 3.63) is 65.2 Å². The quantitative estimate of drug-likeness (QED) is 0.326. The molecule has 1 fully saturated rings. The van der Waals surface area contributed by atoms with Crippen LogP contribution in [0.2, 0.25) is 0 Å². The van der Waals surface area contributed by atoms with Crippen LogP contribution in [0, 0.1) is 5.92 Å². The standard InChI is InChI=1S/C27H34N2O5/c1-6-33-21-11-7-19(8-12-21)24-23(26(31)27(32)29(24)16-15-28(4)5)25(30)20-9-13-22(14-10-20)34-17-18(2)3/h7-14,18,24,30H,6,15-17H2,1-5H3/b25-23+. The summed E-state index contributed by atoms with van der Waals surface area (Å²) in [6.45, 7) is 8.13. The normalized spacial score (nSPS) is 17.6. The van der Waals surface area contributed by atoms with E-state index in [0.717, 1.165) is 4.90 Å². The third-order valence-corrected chi connectivity index (χ3v) is 5.59. The molecule has 1 amide bonds. The van der Waals surface area contributed by atoms with Crippen LogP contribution < -0.4 is 19.5 Å². The van der Waals surface area contributed by atoms with Gasteiger partial charge in [-0.15, -0.1) is 0 Å². The molecule has 7 nitrogen and oxygen atoms in total. The Kier molecular flexibility index (Phi) is 8.34. The summed E-state index contributed by atoms with van der Waals surface area (Å²) in [4.78, 5) is 28.7. The van der Waals surface area contributed by atoms with Gasteiger partial charge in [-0.1, -0.05) is 43.9 Å². The number of nitrogens with one attached hydrogen (secondary N) is 1. The van der Waals surface area contributed by atoms with Gasteiger partial charge < -0.3 is 24.4 Å². The van der Waals surface area contributed by atoms with E-state index in [-0.39, 0.29) is 5.57 Å². The van der Waals surface area contributed by atoms with Crippen LogP contribution in [0.1, 0.15) is 37.9 Å². The van der Waals surface area contributed by atoms with Gasteiger partial charge in [-0.3, -0.25) is 9.59 Å². The lowest BCUT2D eigenvalue weighted by Gasteiger charge is -2.28. The molecule has 1 atom stereocenters. The number of carbonyl (C=O) groups is 2. The van der Waals surface area contributed by atoms with E-state index in [0.29, 0.717) is 54.8 Å². The van der Waals surface area contributed by atoms with Crippen molar-refractivity contribution in [2.75, 3.05) is 40.4 Å². The molecule has 0 aliphatic carbocycles. The minimum absolute atomic E-state index is 0.0150. The number of ether oxygens (including phenoxy) is 2. The Morgan fingerprint density at radius 1 is 1.00 bits per heavy atom. The van der Waals surface area contributed by atoms with Crippen molar-refractivity contribution < 1.29 is 29.1 Å². The van der Waals surface area contributed by atoms with Crippen LogP contribution in [0.15, 0.2) is 54.1 Å². The first-order valence-corrected chi connectivity index (χ1v) is 11.7. The number of hydrogen-bond acceptors (Lipinski definition) is 5. The highest BCUT2D eigenvalue weighted by atomic mass is 16.5. The van der Waals surface area contributed by atoms with E-state index in [9.17, 15) is 14.7 Å². The van der Waals surface area contributed by atoms with Gasteiger partial charge in [0, 0.05) is 5.57 Å². The zero-order chi connectivity index (χ0) is 24.8. The first-order chi connectivity index (χ1) is 16.2. The van der Waals surface area contributed by atoms with Crippen LogP contribution in [0.5, 0.6) is 11.5 Å². The van der Waals surface area contributed by atoms with Crippen molar-refractivity contribution in [1.82, 2.24) is 4.90 Å². The van der Waals surface area contributed by atoms with Gasteiger partial charge in [0.1, 0.15) is 11.5 Å². The van der Waals surface area contributed by atoms with Gasteiger partial charge in [-0.05, 0) is 48.2 Å². The second-order valence-corrected chi connectivity index (χ2v) is 9.16. The lowest BCUT2D eigenvalue weighted by atomic mass is 9.95. The van der Waals surface area contributed by atoms with Gasteiger partial charge in [-0.2, -0.15) is 0 Å². The molecule has 1 unspecified atom stereocenters. The summed E-state index contributed by atoms with van der Waals surface area (Å²) in [5.41, 5.74) is 1.04. The Labute approximate surface area is 201 Å². The van der Waals surface area contributed by atoms with Crippen LogP contribution >= 0.6 is 0 Å². The van der Waals surface area contributed by atoms with E-state index in [1.807, 2.05) is 33.2 Å². The average Bonchev–Trinajstić information content (AvgIpc) is 3.06. The van der Waals surface area contributed by atoms with Gasteiger partial charge in [0.05, 0.1) is 46.4 Å². The lowest BCUT2D eigenvalue weighted by molar-refractivity contribution is -0.857. The number of amides is 1. The van der Waals surface area contributed by atoms with E-state index in [2.05, 4.69) is 13.8 Å². The third kappa shape index (κ3) is 5.78. The fraction of sp³-hybridized carbons (Fsp3) is 0.407. The molecule has 3 rings (SSSR count). The zero-order valence-corrected chi connectivity index (χ0v) is 20.6. The summed E-state index contributed by atoms with van der Waals surface area (Å²) in [5.74, 6) is -0.0897. The maximum Gasteiger partial charge on any atom is 0.295 e. The van der Waals surface area contributed by atoms with E-state index in [1.54, 1.807) is 36.4 Å². The highest BCUT2D eigenvalue weighted by Gasteiger charge is 2.44. The highest BCUT2D eigenvalue weighted by Crippen LogP contribution is 2.39. The molecule has 1 heterocycles. The Morgan fingerprint density at radius 3 is 2.15 bits per heavy atom. The number of carbonyl (C=O) groups excluding carboxylic acids is 2. The number of rotatable bonds is 10. The lowest BCUT2D eigenvalue weighted by Crippen LogP contribution is -3.06. The SMILES string of the molecule is CCOc1ccc(C2/C(=C(\[O-])c3ccc(OCC(C)C)cc3)C(=O)C(=O)N2CC[NH+](C)C)cc1. The number of quaternary nitrogens is 1. The molecule has 2 aromatic rings. The van der Waals surface area contributed by atoms with Crippen molar-refractivity contribution >= 4 is 17.4 Å². The largest absolute Gasteiger partial charge is 0.872 e. The molecule has 7 heteroatoms. The monoisotopic (exact) mass is 466 g/mol. The Morgan fingerprint density at radius 2 is 1.59 bits per heavy atom. The number of likely N-dealkylation sites (N-methyl/N-ethyl adjacent to an activating group) is 1. The summed E-state index contributed by atoms with van der Waals surface area (Å²) in [6.07, 6.45) is 0. The van der Waals surface area contributed by atoms with Crippen LogP contribution in [0.25, 0.3) is 5.76 Å². The molecule has 0 saturated carbocycles. The Bertz CT molecular complexity index is 1030. The van der Waals surface area contributed by atoms with Crippen LogP contribution in [-0.2, 0) is 9.59 Å². The van der Waals surface area contributed by atoms with Gasteiger partial charge in [0.25, 0.3) is 5.91 Å². The van der Waals surface area contributed by atoms with Crippen LogP contribution in [0.3, 0.4) is 0 Å². The van der Waals surface area contributed by atoms with Gasteiger partial charge in [0.15, 0.2) is 0 Å². The number of likely N-dealkylation sites (tertiary alicyclic amines) is 1. The fourth-order valence-electron chi connectivity index (χ4n) is 3.83. The van der Waals surface area contributed by atoms with Crippen molar-refractivity contribution in [3.8, 4) is 11.5 Å². The molecule has 0 aromatic heterocycles. The smallest absolute Gasteiger partial charge is 0.295 e. The van der Waals surface area contributed by atoms with Crippen LogP contribution in [0.4, 0.5) is 0 Å². The van der Waals surface area contributed by atoms with Crippen molar-refractivity contribution in [3.63, 3.8) is 0 Å². The number of ketones is 1. The molecule has 0 radical (unpaired) electrons. The summed E-state index contributed by atoms with van der Waals surface area (Å²) < 4.78 is 11.2. The summed E-state index contributed by atoms with van der Waals surface area (Å²) >= 11 is 0. The number of Topliss-reactive ketones (excluding diaryl/α,β-unsaturated/α-hetero) is 1. The Hall–Kier alpha value is -3.32. The first-order valence-electron chi connectivity index (χ1n) is 11.7. The van der Waals surface area contributed by atoms with E-state index < -0.39 is 23.5 Å². The second kappa shape index (κ2) is 11.2. The Balaban J connectivity index is 2.01. The molecular formula is C27H34N2O5. The average molecular weight is 467 g/mol. The second-order valence-electron chi connectivity index (χ2n) is 9.16. The molecule has 1 aliphatic heterocycles. The van der Waals surface area contributed by atoms with Crippen molar-refractivity contribution in [1.29, 1.82) is 0 Å². The molecule has 1 N–H and O–H groups in total. The fourth-order valence-corrected chi connectivity index (χ4v) is 3.83. The number of hydrogen-bond donors (Lipinski definition) is 1. The number of benzene rings is 2. The maximum atomic E-state index is 13.5. The van der Waals surface area contributed by atoms with Crippen molar-refractivity contribution in [2.24, 2.45) is 5.92 Å². The zero-order valence-electron chi connectivity index (χ0n) is 20.6. The highest BCUT2D eigenvalue weighted by molar-refractivity contribution is 6.46.